The lowest BCUT2D eigenvalue weighted by atomic mass is 10.0. The third-order valence-electron chi connectivity index (χ3n) is 4.56. The van der Waals surface area contributed by atoms with Crippen molar-refractivity contribution in [1.82, 2.24) is 10.2 Å². The Bertz CT molecular complexity index is 515. The van der Waals surface area contributed by atoms with Crippen molar-refractivity contribution in [3.8, 4) is 0 Å². The van der Waals surface area contributed by atoms with Gasteiger partial charge >= 0.3 is 6.03 Å². The van der Waals surface area contributed by atoms with E-state index in [0.29, 0.717) is 0 Å². The lowest BCUT2D eigenvalue weighted by Gasteiger charge is -2.30. The van der Waals surface area contributed by atoms with E-state index in [1.54, 1.807) is 0 Å². The van der Waals surface area contributed by atoms with Crippen LogP contribution < -0.4 is 10.6 Å². The van der Waals surface area contributed by atoms with Gasteiger partial charge in [0.15, 0.2) is 0 Å². The van der Waals surface area contributed by atoms with E-state index in [0.717, 1.165) is 43.1 Å². The van der Waals surface area contributed by atoms with Crippen LogP contribution in [0, 0.1) is 19.8 Å². The first-order valence-electron chi connectivity index (χ1n) is 8.89. The second-order valence-electron chi connectivity index (χ2n) is 6.95. The van der Waals surface area contributed by atoms with Crippen LogP contribution in [0.4, 0.5) is 10.5 Å². The molecule has 0 bridgehead atoms. The lowest BCUT2D eigenvalue weighted by molar-refractivity contribution is 0.181. The fraction of sp³-hybridized carbons (Fsp3) is 0.632. The summed E-state index contributed by atoms with van der Waals surface area (Å²) >= 11 is 0. The standard InChI is InChI=1S/C19H31N3O/c1-15-8-9-18(17(3)13-15)21-19(23)20-10-4-5-11-22-12-6-7-16(2)14-22/h8-9,13,16H,4-7,10-12,14H2,1-3H3,(H2,20,21,23)/t16-/m1/s1. The van der Waals surface area contributed by atoms with E-state index in [2.05, 4.69) is 35.4 Å². The van der Waals surface area contributed by atoms with Gasteiger partial charge in [0, 0.05) is 18.8 Å². The van der Waals surface area contributed by atoms with Crippen molar-refractivity contribution in [3.05, 3.63) is 29.3 Å². The van der Waals surface area contributed by atoms with Gasteiger partial charge in [-0.3, -0.25) is 0 Å². The predicted molar refractivity (Wildman–Crippen MR) is 97.0 cm³/mol. The van der Waals surface area contributed by atoms with Crippen LogP contribution in [0.1, 0.15) is 43.7 Å². The molecule has 4 heteroatoms. The number of urea groups is 1. The molecule has 1 aliphatic heterocycles. The van der Waals surface area contributed by atoms with Crippen LogP contribution in [-0.4, -0.2) is 37.1 Å². The monoisotopic (exact) mass is 317 g/mol. The number of piperidine rings is 1. The number of hydrogen-bond acceptors (Lipinski definition) is 2. The molecule has 1 aromatic rings. The van der Waals surface area contributed by atoms with Gasteiger partial charge in [0.25, 0.3) is 0 Å². The van der Waals surface area contributed by atoms with Crippen LogP contribution in [0.15, 0.2) is 18.2 Å². The quantitative estimate of drug-likeness (QED) is 0.781. The number of unbranched alkanes of at least 4 members (excludes halogenated alkanes) is 1. The first-order valence-corrected chi connectivity index (χ1v) is 8.89. The maximum atomic E-state index is 11.9. The molecule has 2 rings (SSSR count). The van der Waals surface area contributed by atoms with Crippen LogP contribution in [0.2, 0.25) is 0 Å². The highest BCUT2D eigenvalue weighted by Gasteiger charge is 2.15. The van der Waals surface area contributed by atoms with Crippen molar-refractivity contribution in [2.45, 2.75) is 46.5 Å². The van der Waals surface area contributed by atoms with Crippen molar-refractivity contribution in [2.24, 2.45) is 5.92 Å². The first kappa shape index (κ1) is 17.8. The molecule has 1 aliphatic rings. The average Bonchev–Trinajstić information content (AvgIpc) is 2.50. The minimum Gasteiger partial charge on any atom is -0.338 e. The summed E-state index contributed by atoms with van der Waals surface area (Å²) in [6.45, 7) is 10.8. The average molecular weight is 317 g/mol. The Hall–Kier alpha value is -1.55. The number of likely N-dealkylation sites (tertiary alicyclic amines) is 1. The normalized spacial score (nSPS) is 18.7. The Labute approximate surface area is 140 Å². The van der Waals surface area contributed by atoms with Gasteiger partial charge in [0.1, 0.15) is 0 Å². The number of benzene rings is 1. The van der Waals surface area contributed by atoms with Gasteiger partial charge < -0.3 is 15.5 Å². The van der Waals surface area contributed by atoms with Gasteiger partial charge in [0.2, 0.25) is 0 Å². The molecular formula is C19H31N3O. The van der Waals surface area contributed by atoms with Crippen molar-refractivity contribution >= 4 is 11.7 Å². The van der Waals surface area contributed by atoms with Gasteiger partial charge in [-0.25, -0.2) is 4.79 Å². The maximum Gasteiger partial charge on any atom is 0.319 e. The van der Waals surface area contributed by atoms with Crippen LogP contribution in [-0.2, 0) is 0 Å². The molecular weight excluding hydrogens is 286 g/mol. The zero-order valence-electron chi connectivity index (χ0n) is 14.8. The summed E-state index contributed by atoms with van der Waals surface area (Å²) in [4.78, 5) is 14.5. The zero-order chi connectivity index (χ0) is 16.7. The summed E-state index contributed by atoms with van der Waals surface area (Å²) in [5.74, 6) is 0.838. The van der Waals surface area contributed by atoms with Crippen molar-refractivity contribution in [3.63, 3.8) is 0 Å². The minimum absolute atomic E-state index is 0.108. The molecule has 4 nitrogen and oxygen atoms in total. The van der Waals surface area contributed by atoms with E-state index >= 15 is 0 Å². The molecule has 2 amide bonds. The third-order valence-corrected chi connectivity index (χ3v) is 4.56. The minimum atomic E-state index is -0.108. The van der Waals surface area contributed by atoms with Gasteiger partial charge in [0.05, 0.1) is 0 Å². The number of carbonyl (C=O) groups excluding carboxylic acids is 1. The molecule has 128 valence electrons. The van der Waals surface area contributed by atoms with Crippen molar-refractivity contribution in [2.75, 3.05) is 31.5 Å². The number of amides is 2. The fourth-order valence-corrected chi connectivity index (χ4v) is 3.27. The zero-order valence-corrected chi connectivity index (χ0v) is 14.8. The number of nitrogens with zero attached hydrogens (tertiary/aromatic N) is 1. The van der Waals surface area contributed by atoms with Gasteiger partial charge in [-0.05, 0) is 70.2 Å². The topological polar surface area (TPSA) is 44.4 Å². The first-order chi connectivity index (χ1) is 11.0. The highest BCUT2D eigenvalue weighted by molar-refractivity contribution is 5.90. The molecule has 0 unspecified atom stereocenters. The summed E-state index contributed by atoms with van der Waals surface area (Å²) < 4.78 is 0. The molecule has 2 N–H and O–H groups in total. The van der Waals surface area contributed by atoms with E-state index in [1.807, 2.05) is 19.1 Å². The molecule has 1 saturated heterocycles. The largest absolute Gasteiger partial charge is 0.338 e. The molecule has 0 radical (unpaired) electrons. The summed E-state index contributed by atoms with van der Waals surface area (Å²) in [7, 11) is 0. The van der Waals surface area contributed by atoms with Gasteiger partial charge in [-0.2, -0.15) is 0 Å². The third kappa shape index (κ3) is 6.22. The van der Waals surface area contributed by atoms with Gasteiger partial charge in [-0.15, -0.1) is 0 Å². The number of anilines is 1. The number of nitrogens with one attached hydrogen (secondary N) is 2. The van der Waals surface area contributed by atoms with Gasteiger partial charge in [-0.1, -0.05) is 24.6 Å². The molecule has 0 aromatic heterocycles. The molecule has 1 heterocycles. The molecule has 1 fully saturated rings. The molecule has 23 heavy (non-hydrogen) atoms. The molecule has 0 saturated carbocycles. The molecule has 1 aromatic carbocycles. The summed E-state index contributed by atoms with van der Waals surface area (Å²) in [6.07, 6.45) is 4.89. The predicted octanol–water partition coefficient (Wildman–Crippen LogP) is 3.94. The number of hydrogen-bond donors (Lipinski definition) is 2. The van der Waals surface area contributed by atoms with E-state index in [-0.39, 0.29) is 6.03 Å². The lowest BCUT2D eigenvalue weighted by Crippen LogP contribution is -2.35. The van der Waals surface area contributed by atoms with Crippen LogP contribution in [0.3, 0.4) is 0 Å². The summed E-state index contributed by atoms with van der Waals surface area (Å²) in [5, 5.41) is 5.87. The number of aryl methyl sites for hydroxylation is 2. The van der Waals surface area contributed by atoms with E-state index in [4.69, 9.17) is 0 Å². The SMILES string of the molecule is Cc1ccc(NC(=O)NCCCCN2CCC[C@@H](C)C2)c(C)c1. The number of rotatable bonds is 6. The fourth-order valence-electron chi connectivity index (χ4n) is 3.27. The van der Waals surface area contributed by atoms with Crippen molar-refractivity contribution in [1.29, 1.82) is 0 Å². The van der Waals surface area contributed by atoms with E-state index in [9.17, 15) is 4.79 Å². The Morgan fingerprint density at radius 3 is 2.87 bits per heavy atom. The Morgan fingerprint density at radius 2 is 2.13 bits per heavy atom. The van der Waals surface area contributed by atoms with Crippen molar-refractivity contribution < 1.29 is 4.79 Å². The maximum absolute atomic E-state index is 11.9. The summed E-state index contributed by atoms with van der Waals surface area (Å²) in [5.41, 5.74) is 3.19. The highest BCUT2D eigenvalue weighted by atomic mass is 16.2. The molecule has 0 spiro atoms. The smallest absolute Gasteiger partial charge is 0.319 e. The Balaban J connectivity index is 1.59. The number of carbonyl (C=O) groups is 1. The highest BCUT2D eigenvalue weighted by Crippen LogP contribution is 2.16. The van der Waals surface area contributed by atoms with Crippen LogP contribution in [0.25, 0.3) is 0 Å². The summed E-state index contributed by atoms with van der Waals surface area (Å²) in [6, 6.07) is 5.95. The van der Waals surface area contributed by atoms with E-state index < -0.39 is 0 Å². The van der Waals surface area contributed by atoms with Crippen LogP contribution in [0.5, 0.6) is 0 Å². The Kier molecular flexibility index (Phi) is 6.90. The van der Waals surface area contributed by atoms with E-state index in [1.165, 1.54) is 31.5 Å². The van der Waals surface area contributed by atoms with Crippen LogP contribution >= 0.6 is 0 Å². The second kappa shape index (κ2) is 8.92. The molecule has 0 aliphatic carbocycles. The Morgan fingerprint density at radius 1 is 1.30 bits per heavy atom. The molecule has 1 atom stereocenters. The second-order valence-corrected chi connectivity index (χ2v) is 6.95.